The Labute approximate surface area is 91.9 Å². The molecular formula is C11H13F3N2. The summed E-state index contributed by atoms with van der Waals surface area (Å²) in [6.45, 7) is 2.00. The van der Waals surface area contributed by atoms with E-state index in [1.165, 1.54) is 25.2 Å². The number of nitrogens with zero attached hydrogens (tertiary/aromatic N) is 2. The summed E-state index contributed by atoms with van der Waals surface area (Å²) in [5.74, 6) is -0.0676. The van der Waals surface area contributed by atoms with E-state index >= 15 is 0 Å². The Morgan fingerprint density at radius 1 is 1.31 bits per heavy atom. The quantitative estimate of drug-likeness (QED) is 0.795. The van der Waals surface area contributed by atoms with E-state index in [9.17, 15) is 13.2 Å². The van der Waals surface area contributed by atoms with Gasteiger partial charge in [0.2, 0.25) is 5.82 Å². The number of hydrogen-bond acceptors (Lipinski definition) is 2. The molecule has 0 bridgehead atoms. The minimum atomic E-state index is -4.45. The van der Waals surface area contributed by atoms with Crippen molar-refractivity contribution >= 4 is 0 Å². The molecule has 5 heteroatoms. The molecule has 0 amide bonds. The number of alkyl halides is 3. The first-order valence-electron chi connectivity index (χ1n) is 5.36. The van der Waals surface area contributed by atoms with Gasteiger partial charge in [0.15, 0.2) is 0 Å². The van der Waals surface area contributed by atoms with Gasteiger partial charge in [-0.1, -0.05) is 19.8 Å². The average molecular weight is 230 g/mol. The van der Waals surface area contributed by atoms with Crippen LogP contribution < -0.4 is 0 Å². The number of halogens is 3. The fraction of sp³-hybridized carbons (Fsp3) is 0.636. The molecule has 2 nitrogen and oxygen atoms in total. The van der Waals surface area contributed by atoms with Gasteiger partial charge in [-0.2, -0.15) is 13.2 Å². The van der Waals surface area contributed by atoms with Crippen LogP contribution in [-0.4, -0.2) is 9.97 Å². The van der Waals surface area contributed by atoms with Crippen LogP contribution in [-0.2, 0) is 6.18 Å². The molecule has 1 saturated carbocycles. The van der Waals surface area contributed by atoms with Crippen LogP contribution in [0.3, 0.4) is 0 Å². The van der Waals surface area contributed by atoms with Crippen LogP contribution in [0.15, 0.2) is 12.4 Å². The van der Waals surface area contributed by atoms with Crippen molar-refractivity contribution < 1.29 is 13.2 Å². The van der Waals surface area contributed by atoms with E-state index in [-0.39, 0.29) is 5.92 Å². The van der Waals surface area contributed by atoms with Crippen LogP contribution in [0.25, 0.3) is 0 Å². The molecular weight excluding hydrogens is 217 g/mol. The molecule has 1 aliphatic carbocycles. The lowest BCUT2D eigenvalue weighted by molar-refractivity contribution is -0.145. The van der Waals surface area contributed by atoms with Gasteiger partial charge in [0, 0.05) is 12.4 Å². The van der Waals surface area contributed by atoms with Gasteiger partial charge < -0.3 is 0 Å². The van der Waals surface area contributed by atoms with Gasteiger partial charge in [-0.05, 0) is 23.8 Å². The van der Waals surface area contributed by atoms with Gasteiger partial charge >= 0.3 is 6.18 Å². The molecule has 1 aliphatic rings. The molecule has 0 aliphatic heterocycles. The first-order chi connectivity index (χ1) is 7.47. The van der Waals surface area contributed by atoms with Crippen molar-refractivity contribution in [2.75, 3.05) is 0 Å². The third-order valence-electron chi connectivity index (χ3n) is 2.88. The standard InChI is InChI=1S/C11H13F3N2/c1-7(4-8-2-3-8)9-5-15-10(16-6-9)11(12,13)14/h5-8H,2-4H2,1H3. The van der Waals surface area contributed by atoms with Gasteiger partial charge in [0.1, 0.15) is 0 Å². The Morgan fingerprint density at radius 2 is 1.88 bits per heavy atom. The summed E-state index contributed by atoms with van der Waals surface area (Å²) in [6, 6.07) is 0. The van der Waals surface area contributed by atoms with Gasteiger partial charge in [-0.15, -0.1) is 0 Å². The molecule has 1 heterocycles. The molecule has 1 aromatic heterocycles. The third-order valence-corrected chi connectivity index (χ3v) is 2.88. The second-order valence-corrected chi connectivity index (χ2v) is 4.42. The molecule has 0 radical (unpaired) electrons. The molecule has 1 atom stereocenters. The molecule has 1 fully saturated rings. The van der Waals surface area contributed by atoms with E-state index in [1.54, 1.807) is 0 Å². The Morgan fingerprint density at radius 3 is 2.31 bits per heavy atom. The van der Waals surface area contributed by atoms with E-state index in [1.807, 2.05) is 6.92 Å². The average Bonchev–Trinajstić information content (AvgIpc) is 3.00. The fourth-order valence-corrected chi connectivity index (χ4v) is 1.73. The molecule has 16 heavy (non-hydrogen) atoms. The zero-order chi connectivity index (χ0) is 11.8. The minimum Gasteiger partial charge on any atom is -0.233 e. The summed E-state index contributed by atoms with van der Waals surface area (Å²) in [5, 5.41) is 0. The maximum absolute atomic E-state index is 12.2. The predicted molar refractivity (Wildman–Crippen MR) is 52.8 cm³/mol. The van der Waals surface area contributed by atoms with E-state index in [4.69, 9.17) is 0 Å². The molecule has 1 unspecified atom stereocenters. The van der Waals surface area contributed by atoms with Crippen molar-refractivity contribution in [1.29, 1.82) is 0 Å². The second kappa shape index (κ2) is 4.03. The van der Waals surface area contributed by atoms with Crippen LogP contribution in [0.5, 0.6) is 0 Å². The Bertz CT molecular complexity index is 354. The summed E-state index contributed by atoms with van der Waals surface area (Å²) < 4.78 is 36.6. The molecule has 0 saturated heterocycles. The number of hydrogen-bond donors (Lipinski definition) is 0. The topological polar surface area (TPSA) is 25.8 Å². The lowest BCUT2D eigenvalue weighted by atomic mass is 9.98. The first-order valence-corrected chi connectivity index (χ1v) is 5.36. The zero-order valence-corrected chi connectivity index (χ0v) is 8.96. The van der Waals surface area contributed by atoms with Crippen molar-refractivity contribution in [2.24, 2.45) is 5.92 Å². The molecule has 0 aromatic carbocycles. The Kier molecular flexibility index (Phi) is 2.86. The molecule has 0 spiro atoms. The summed E-state index contributed by atoms with van der Waals surface area (Å²) in [5.41, 5.74) is 0.792. The van der Waals surface area contributed by atoms with E-state index in [0.29, 0.717) is 0 Å². The highest BCUT2D eigenvalue weighted by atomic mass is 19.4. The van der Waals surface area contributed by atoms with E-state index < -0.39 is 12.0 Å². The van der Waals surface area contributed by atoms with Gasteiger partial charge in [-0.25, -0.2) is 9.97 Å². The van der Waals surface area contributed by atoms with Gasteiger partial charge in [0.25, 0.3) is 0 Å². The molecule has 1 aromatic rings. The van der Waals surface area contributed by atoms with Gasteiger partial charge in [-0.3, -0.25) is 0 Å². The largest absolute Gasteiger partial charge is 0.451 e. The fourth-order valence-electron chi connectivity index (χ4n) is 1.73. The lowest BCUT2D eigenvalue weighted by Gasteiger charge is -2.11. The highest BCUT2D eigenvalue weighted by Crippen LogP contribution is 2.38. The van der Waals surface area contributed by atoms with Crippen LogP contribution in [0.4, 0.5) is 13.2 Å². The van der Waals surface area contributed by atoms with Crippen molar-refractivity contribution in [1.82, 2.24) is 9.97 Å². The highest BCUT2D eigenvalue weighted by molar-refractivity contribution is 5.12. The summed E-state index contributed by atoms with van der Waals surface area (Å²) in [7, 11) is 0. The maximum atomic E-state index is 12.2. The normalized spacial score (nSPS) is 18.5. The second-order valence-electron chi connectivity index (χ2n) is 4.42. The minimum absolute atomic E-state index is 0.245. The highest BCUT2D eigenvalue weighted by Gasteiger charge is 2.34. The predicted octanol–water partition coefficient (Wildman–Crippen LogP) is 3.40. The van der Waals surface area contributed by atoms with Crippen molar-refractivity contribution in [3.05, 3.63) is 23.8 Å². The lowest BCUT2D eigenvalue weighted by Crippen LogP contribution is -2.11. The monoisotopic (exact) mass is 230 g/mol. The smallest absolute Gasteiger partial charge is 0.233 e. The van der Waals surface area contributed by atoms with Gasteiger partial charge in [0.05, 0.1) is 0 Å². The summed E-state index contributed by atoms with van der Waals surface area (Å²) >= 11 is 0. The zero-order valence-electron chi connectivity index (χ0n) is 8.96. The van der Waals surface area contributed by atoms with Crippen molar-refractivity contribution in [3.8, 4) is 0 Å². The number of rotatable bonds is 3. The SMILES string of the molecule is CC(CC1CC1)c1cnc(C(F)(F)F)nc1. The third kappa shape index (κ3) is 2.71. The summed E-state index contributed by atoms with van der Waals surface area (Å²) in [4.78, 5) is 6.73. The first kappa shape index (κ1) is 11.4. The molecule has 2 rings (SSSR count). The number of aromatic nitrogens is 2. The van der Waals surface area contributed by atoms with Crippen LogP contribution in [0.2, 0.25) is 0 Å². The van der Waals surface area contributed by atoms with Crippen molar-refractivity contribution in [2.45, 2.75) is 38.3 Å². The van der Waals surface area contributed by atoms with Crippen LogP contribution >= 0.6 is 0 Å². The van der Waals surface area contributed by atoms with E-state index in [0.717, 1.165) is 17.9 Å². The summed E-state index contributed by atoms with van der Waals surface area (Å²) in [6.07, 6.45) is 1.65. The Hall–Kier alpha value is -1.13. The van der Waals surface area contributed by atoms with Crippen molar-refractivity contribution in [3.63, 3.8) is 0 Å². The maximum Gasteiger partial charge on any atom is 0.451 e. The van der Waals surface area contributed by atoms with Crippen LogP contribution in [0, 0.1) is 5.92 Å². The van der Waals surface area contributed by atoms with E-state index in [2.05, 4.69) is 9.97 Å². The van der Waals surface area contributed by atoms with Crippen LogP contribution in [0.1, 0.15) is 43.5 Å². The Balaban J connectivity index is 2.05. The molecule has 88 valence electrons. The molecule has 0 N–H and O–H groups in total.